The molecule has 3 rings (SSSR count). The fourth-order valence-electron chi connectivity index (χ4n) is 2.53. The van der Waals surface area contributed by atoms with Crippen molar-refractivity contribution in [2.45, 2.75) is 13.0 Å². The Morgan fingerprint density at radius 1 is 1.40 bits per heavy atom. The lowest BCUT2D eigenvalue weighted by Crippen LogP contribution is -2.17. The van der Waals surface area contributed by atoms with E-state index in [1.165, 1.54) is 12.1 Å². The highest BCUT2D eigenvalue weighted by Gasteiger charge is 2.22. The van der Waals surface area contributed by atoms with Crippen LogP contribution in [0.3, 0.4) is 0 Å². The molecule has 2 heterocycles. The summed E-state index contributed by atoms with van der Waals surface area (Å²) in [6.07, 6.45) is 3.74. The van der Waals surface area contributed by atoms with E-state index >= 15 is 0 Å². The Kier molecular flexibility index (Phi) is 3.06. The van der Waals surface area contributed by atoms with Gasteiger partial charge in [0.05, 0.1) is 12.2 Å². The average molecular weight is 273 g/mol. The molecule has 1 aromatic carbocycles. The number of fused-ring (bicyclic) bond motifs is 1. The van der Waals surface area contributed by atoms with Crippen LogP contribution in [0, 0.1) is 12.7 Å². The molecule has 0 saturated heterocycles. The quantitative estimate of drug-likeness (QED) is 0.798. The van der Waals surface area contributed by atoms with E-state index in [0.29, 0.717) is 5.58 Å². The smallest absolute Gasteiger partial charge is 0.134 e. The van der Waals surface area contributed by atoms with E-state index in [2.05, 4.69) is 10.4 Å². The third kappa shape index (κ3) is 2.00. The average Bonchev–Trinajstić information content (AvgIpc) is 2.97. The van der Waals surface area contributed by atoms with Crippen LogP contribution in [0.15, 0.2) is 35.0 Å². The molecule has 1 N–H and O–H groups in total. The third-order valence-corrected chi connectivity index (χ3v) is 3.54. The second-order valence-electron chi connectivity index (χ2n) is 4.90. The number of benzene rings is 1. The van der Waals surface area contributed by atoms with E-state index < -0.39 is 0 Å². The minimum Gasteiger partial charge on any atom is -0.459 e. The Balaban J connectivity index is 2.14. The second kappa shape index (κ2) is 4.76. The van der Waals surface area contributed by atoms with Crippen LogP contribution in [-0.2, 0) is 7.05 Å². The minimum atomic E-state index is -0.254. The number of rotatable bonds is 3. The Hall–Kier alpha value is -2.14. The van der Waals surface area contributed by atoms with Crippen molar-refractivity contribution in [3.05, 3.63) is 53.3 Å². The first-order chi connectivity index (χ1) is 9.60. The van der Waals surface area contributed by atoms with Crippen LogP contribution in [-0.4, -0.2) is 16.8 Å². The van der Waals surface area contributed by atoms with Gasteiger partial charge >= 0.3 is 0 Å². The van der Waals surface area contributed by atoms with Crippen molar-refractivity contribution in [2.24, 2.45) is 7.05 Å². The van der Waals surface area contributed by atoms with E-state index in [-0.39, 0.29) is 11.9 Å². The molecule has 0 bridgehead atoms. The molecule has 0 aliphatic rings. The van der Waals surface area contributed by atoms with Crippen molar-refractivity contribution in [1.29, 1.82) is 0 Å². The largest absolute Gasteiger partial charge is 0.459 e. The zero-order valence-electron chi connectivity index (χ0n) is 11.6. The molecule has 0 fully saturated rings. The number of nitrogens with zero attached hydrogens (tertiary/aromatic N) is 2. The van der Waals surface area contributed by atoms with Gasteiger partial charge in [0.1, 0.15) is 17.2 Å². The number of hydrogen-bond donors (Lipinski definition) is 1. The van der Waals surface area contributed by atoms with Gasteiger partial charge in [0, 0.05) is 29.8 Å². The monoisotopic (exact) mass is 273 g/mol. The third-order valence-electron chi connectivity index (χ3n) is 3.54. The zero-order chi connectivity index (χ0) is 14.3. The molecule has 0 amide bonds. The molecule has 104 valence electrons. The lowest BCUT2D eigenvalue weighted by Gasteiger charge is -2.12. The van der Waals surface area contributed by atoms with Crippen LogP contribution >= 0.6 is 0 Å². The molecule has 0 aliphatic carbocycles. The molecule has 3 aromatic rings. The van der Waals surface area contributed by atoms with Crippen LogP contribution in [0.1, 0.15) is 22.9 Å². The molecular weight excluding hydrogens is 257 g/mol. The van der Waals surface area contributed by atoms with Crippen molar-refractivity contribution in [1.82, 2.24) is 15.1 Å². The lowest BCUT2D eigenvalue weighted by atomic mass is 10.0. The number of aromatic nitrogens is 2. The molecule has 0 radical (unpaired) electrons. The predicted octanol–water partition coefficient (Wildman–Crippen LogP) is 2.92. The van der Waals surface area contributed by atoms with Gasteiger partial charge in [-0.05, 0) is 32.2 Å². The molecular formula is C15H16FN3O. The first-order valence-corrected chi connectivity index (χ1v) is 6.44. The Bertz CT molecular complexity index is 760. The summed E-state index contributed by atoms with van der Waals surface area (Å²) in [6, 6.07) is 4.48. The first-order valence-electron chi connectivity index (χ1n) is 6.44. The normalized spacial score (nSPS) is 13.0. The first kappa shape index (κ1) is 12.9. The van der Waals surface area contributed by atoms with Gasteiger partial charge in [0.2, 0.25) is 0 Å². The van der Waals surface area contributed by atoms with Crippen molar-refractivity contribution in [3.63, 3.8) is 0 Å². The molecule has 0 saturated carbocycles. The summed E-state index contributed by atoms with van der Waals surface area (Å²) >= 11 is 0. The molecule has 20 heavy (non-hydrogen) atoms. The Morgan fingerprint density at radius 2 is 2.20 bits per heavy atom. The van der Waals surface area contributed by atoms with Gasteiger partial charge in [-0.25, -0.2) is 4.39 Å². The van der Waals surface area contributed by atoms with Crippen LogP contribution < -0.4 is 5.32 Å². The summed E-state index contributed by atoms with van der Waals surface area (Å²) in [6.45, 7) is 1.95. The molecule has 2 aromatic heterocycles. The van der Waals surface area contributed by atoms with Gasteiger partial charge < -0.3 is 9.73 Å². The maximum atomic E-state index is 13.4. The number of aryl methyl sites for hydroxylation is 2. The molecule has 0 spiro atoms. The van der Waals surface area contributed by atoms with Crippen LogP contribution in [0.5, 0.6) is 0 Å². The Labute approximate surface area is 116 Å². The second-order valence-corrected chi connectivity index (χ2v) is 4.90. The van der Waals surface area contributed by atoms with E-state index in [1.807, 2.05) is 27.2 Å². The molecule has 1 unspecified atom stereocenters. The van der Waals surface area contributed by atoms with Crippen molar-refractivity contribution < 1.29 is 8.81 Å². The summed E-state index contributed by atoms with van der Waals surface area (Å²) in [5.74, 6) is 0.538. The molecule has 4 nitrogen and oxygen atoms in total. The van der Waals surface area contributed by atoms with Crippen molar-refractivity contribution in [2.75, 3.05) is 7.05 Å². The van der Waals surface area contributed by atoms with Gasteiger partial charge in [-0.15, -0.1) is 0 Å². The van der Waals surface area contributed by atoms with E-state index in [4.69, 9.17) is 4.42 Å². The molecule has 0 aliphatic heterocycles. The lowest BCUT2D eigenvalue weighted by molar-refractivity contribution is 0.487. The summed E-state index contributed by atoms with van der Waals surface area (Å²) in [5.41, 5.74) is 2.66. The summed E-state index contributed by atoms with van der Waals surface area (Å²) < 4.78 is 21.0. The van der Waals surface area contributed by atoms with Gasteiger partial charge in [0.25, 0.3) is 0 Å². The van der Waals surface area contributed by atoms with E-state index in [1.54, 1.807) is 16.9 Å². The summed E-state index contributed by atoms with van der Waals surface area (Å²) in [7, 11) is 3.74. The van der Waals surface area contributed by atoms with Gasteiger partial charge in [-0.1, -0.05) is 0 Å². The molecule has 5 heteroatoms. The van der Waals surface area contributed by atoms with Crippen LogP contribution in [0.2, 0.25) is 0 Å². The van der Waals surface area contributed by atoms with Gasteiger partial charge in [0.15, 0.2) is 0 Å². The van der Waals surface area contributed by atoms with Crippen molar-refractivity contribution in [3.8, 4) is 0 Å². The van der Waals surface area contributed by atoms with Crippen molar-refractivity contribution >= 4 is 11.0 Å². The topological polar surface area (TPSA) is 43.0 Å². The number of halogens is 1. The minimum absolute atomic E-state index is 0.0980. The van der Waals surface area contributed by atoms with Gasteiger partial charge in [-0.2, -0.15) is 5.10 Å². The van der Waals surface area contributed by atoms with E-state index in [9.17, 15) is 4.39 Å². The zero-order valence-corrected chi connectivity index (χ0v) is 11.6. The molecule has 1 atom stereocenters. The standard InChI is InChI=1S/C15H16FN3O/c1-9-12-6-11(16)4-5-13(12)20-15(9)14(17-2)10-7-18-19(3)8-10/h4-8,14,17H,1-3H3. The van der Waals surface area contributed by atoms with Gasteiger partial charge in [-0.3, -0.25) is 4.68 Å². The number of furan rings is 1. The van der Waals surface area contributed by atoms with Crippen LogP contribution in [0.4, 0.5) is 4.39 Å². The summed E-state index contributed by atoms with van der Waals surface area (Å²) in [5, 5.41) is 8.22. The highest BCUT2D eigenvalue weighted by atomic mass is 19.1. The maximum absolute atomic E-state index is 13.4. The summed E-state index contributed by atoms with van der Waals surface area (Å²) in [4.78, 5) is 0. The van der Waals surface area contributed by atoms with E-state index in [0.717, 1.165) is 22.3 Å². The maximum Gasteiger partial charge on any atom is 0.134 e. The number of nitrogens with one attached hydrogen (secondary N) is 1. The van der Waals surface area contributed by atoms with Crippen LogP contribution in [0.25, 0.3) is 11.0 Å². The fourth-order valence-corrected chi connectivity index (χ4v) is 2.53. The number of hydrogen-bond acceptors (Lipinski definition) is 3. The fraction of sp³-hybridized carbons (Fsp3) is 0.267. The predicted molar refractivity (Wildman–Crippen MR) is 75.0 cm³/mol. The Morgan fingerprint density at radius 3 is 2.85 bits per heavy atom. The SMILES string of the molecule is CNC(c1cnn(C)c1)c1oc2ccc(F)cc2c1C. The highest BCUT2D eigenvalue weighted by molar-refractivity contribution is 5.82. The highest BCUT2D eigenvalue weighted by Crippen LogP contribution is 2.32.